The Kier molecular flexibility index (Phi) is 8.51. The van der Waals surface area contributed by atoms with Gasteiger partial charge in [-0.1, -0.05) is 34.1 Å². The van der Waals surface area contributed by atoms with Gasteiger partial charge < -0.3 is 14.2 Å². The average molecular weight is 499 g/mol. The zero-order valence-corrected chi connectivity index (χ0v) is 19.1. The maximum Gasteiger partial charge on any atom is 0.276 e. The molecule has 0 aliphatic heterocycles. The minimum Gasteiger partial charge on any atom is -0.490 e. The van der Waals surface area contributed by atoms with E-state index in [0.29, 0.717) is 30.3 Å². The maximum absolute atomic E-state index is 12.2. The van der Waals surface area contributed by atoms with E-state index in [0.717, 1.165) is 15.8 Å². The van der Waals surface area contributed by atoms with Gasteiger partial charge in [0.15, 0.2) is 6.61 Å². The Morgan fingerprint density at radius 2 is 1.47 bits per heavy atom. The molecule has 8 heteroatoms. The summed E-state index contributed by atoms with van der Waals surface area (Å²) in [7, 11) is 0. The highest BCUT2D eigenvalue weighted by atomic mass is 79.9. The second-order valence-electron chi connectivity index (χ2n) is 6.74. The lowest BCUT2D eigenvalue weighted by Crippen LogP contribution is -2.43. The van der Waals surface area contributed by atoms with Crippen LogP contribution in [0.3, 0.4) is 0 Å². The van der Waals surface area contributed by atoms with Crippen LogP contribution >= 0.6 is 15.9 Å². The third kappa shape index (κ3) is 7.31. The Morgan fingerprint density at radius 1 is 0.812 bits per heavy atom. The standard InChI is InChI=1S/C24H23BrN2O5/c1-17-15-19(25)9-12-22(17)32-16-23(28)26-27-24(29)18-7-10-21(11-8-18)31-14-13-30-20-5-3-2-4-6-20/h2-12,15H,13-14,16H2,1H3,(H,26,28)(H,27,29). The van der Waals surface area contributed by atoms with Crippen LogP contribution in [0.15, 0.2) is 77.3 Å². The summed E-state index contributed by atoms with van der Waals surface area (Å²) < 4.78 is 17.6. The molecular weight excluding hydrogens is 476 g/mol. The fraction of sp³-hybridized carbons (Fsp3) is 0.167. The zero-order valence-electron chi connectivity index (χ0n) is 17.5. The summed E-state index contributed by atoms with van der Waals surface area (Å²) in [5.74, 6) is 1.07. The quantitative estimate of drug-likeness (QED) is 0.343. The van der Waals surface area contributed by atoms with Crippen molar-refractivity contribution in [2.45, 2.75) is 6.92 Å². The molecule has 0 saturated carbocycles. The highest BCUT2D eigenvalue weighted by Crippen LogP contribution is 2.22. The Hall–Kier alpha value is -3.52. The first-order valence-corrected chi connectivity index (χ1v) is 10.7. The number of hydrazine groups is 1. The van der Waals surface area contributed by atoms with Crippen molar-refractivity contribution >= 4 is 27.7 Å². The lowest BCUT2D eigenvalue weighted by atomic mass is 10.2. The second-order valence-corrected chi connectivity index (χ2v) is 7.65. The zero-order chi connectivity index (χ0) is 22.8. The van der Waals surface area contributed by atoms with Crippen LogP contribution in [0.2, 0.25) is 0 Å². The van der Waals surface area contributed by atoms with Crippen LogP contribution in [-0.2, 0) is 4.79 Å². The SMILES string of the molecule is Cc1cc(Br)ccc1OCC(=O)NNC(=O)c1ccc(OCCOc2ccccc2)cc1. The third-order valence-electron chi connectivity index (χ3n) is 4.29. The molecule has 0 spiro atoms. The van der Waals surface area contributed by atoms with Gasteiger partial charge in [-0.3, -0.25) is 20.4 Å². The summed E-state index contributed by atoms with van der Waals surface area (Å²) in [5, 5.41) is 0. The van der Waals surface area contributed by atoms with Crippen LogP contribution in [0.1, 0.15) is 15.9 Å². The van der Waals surface area contributed by atoms with Crippen LogP contribution in [0.5, 0.6) is 17.2 Å². The van der Waals surface area contributed by atoms with E-state index in [2.05, 4.69) is 26.8 Å². The number of para-hydroxylation sites is 1. The first kappa shape index (κ1) is 23.1. The van der Waals surface area contributed by atoms with Crippen molar-refractivity contribution in [1.29, 1.82) is 0 Å². The predicted octanol–water partition coefficient (Wildman–Crippen LogP) is 4.06. The van der Waals surface area contributed by atoms with Crippen molar-refractivity contribution in [3.8, 4) is 17.2 Å². The van der Waals surface area contributed by atoms with Crippen molar-refractivity contribution in [3.63, 3.8) is 0 Å². The highest BCUT2D eigenvalue weighted by Gasteiger charge is 2.09. The number of aryl methyl sites for hydroxylation is 1. The molecule has 2 amide bonds. The van der Waals surface area contributed by atoms with Gasteiger partial charge in [-0.25, -0.2) is 0 Å². The molecule has 166 valence electrons. The number of halogens is 1. The van der Waals surface area contributed by atoms with Crippen LogP contribution in [0.4, 0.5) is 0 Å². The van der Waals surface area contributed by atoms with Gasteiger partial charge in [-0.05, 0) is 67.1 Å². The van der Waals surface area contributed by atoms with Crippen LogP contribution < -0.4 is 25.1 Å². The second kappa shape index (κ2) is 11.8. The number of carbonyl (C=O) groups excluding carboxylic acids is 2. The molecule has 3 rings (SSSR count). The summed E-state index contributed by atoms with van der Waals surface area (Å²) >= 11 is 3.37. The van der Waals surface area contributed by atoms with E-state index >= 15 is 0 Å². The van der Waals surface area contributed by atoms with Gasteiger partial charge in [0, 0.05) is 10.0 Å². The van der Waals surface area contributed by atoms with E-state index in [9.17, 15) is 9.59 Å². The van der Waals surface area contributed by atoms with E-state index in [1.807, 2.05) is 49.4 Å². The topological polar surface area (TPSA) is 85.9 Å². The molecule has 3 aromatic rings. The highest BCUT2D eigenvalue weighted by molar-refractivity contribution is 9.10. The number of nitrogens with one attached hydrogen (secondary N) is 2. The molecule has 0 aromatic heterocycles. The largest absolute Gasteiger partial charge is 0.490 e. The molecule has 0 fully saturated rings. The van der Waals surface area contributed by atoms with Crippen LogP contribution in [-0.4, -0.2) is 31.6 Å². The number of amides is 2. The Morgan fingerprint density at radius 3 is 2.12 bits per heavy atom. The minimum absolute atomic E-state index is 0.222. The van der Waals surface area contributed by atoms with Gasteiger partial charge in [0.2, 0.25) is 0 Å². The maximum atomic E-state index is 12.2. The molecule has 0 unspecified atom stereocenters. The van der Waals surface area contributed by atoms with Crippen LogP contribution in [0.25, 0.3) is 0 Å². The van der Waals surface area contributed by atoms with Gasteiger partial charge in [0.25, 0.3) is 11.8 Å². The number of carbonyl (C=O) groups is 2. The summed E-state index contributed by atoms with van der Waals surface area (Å²) in [4.78, 5) is 24.2. The van der Waals surface area contributed by atoms with Gasteiger partial charge in [0.1, 0.15) is 30.5 Å². The van der Waals surface area contributed by atoms with Gasteiger partial charge >= 0.3 is 0 Å². The van der Waals surface area contributed by atoms with Crippen molar-refractivity contribution in [2.24, 2.45) is 0 Å². The number of rotatable bonds is 9. The summed E-state index contributed by atoms with van der Waals surface area (Å²) in [6.07, 6.45) is 0. The molecule has 0 saturated heterocycles. The Balaban J connectivity index is 1.37. The molecule has 7 nitrogen and oxygen atoms in total. The Bertz CT molecular complexity index is 1040. The molecule has 0 aliphatic rings. The number of benzene rings is 3. The molecule has 0 atom stereocenters. The average Bonchev–Trinajstić information content (AvgIpc) is 2.81. The lowest BCUT2D eigenvalue weighted by Gasteiger charge is -2.11. The number of hydrogen-bond acceptors (Lipinski definition) is 5. The van der Waals surface area contributed by atoms with E-state index in [4.69, 9.17) is 14.2 Å². The van der Waals surface area contributed by atoms with E-state index in [1.165, 1.54) is 0 Å². The fourth-order valence-electron chi connectivity index (χ4n) is 2.69. The molecule has 0 heterocycles. The van der Waals surface area contributed by atoms with Gasteiger partial charge in [-0.2, -0.15) is 0 Å². The van der Waals surface area contributed by atoms with Crippen molar-refractivity contribution in [3.05, 3.63) is 88.4 Å². The van der Waals surface area contributed by atoms with Gasteiger partial charge in [-0.15, -0.1) is 0 Å². The molecule has 0 aliphatic carbocycles. The van der Waals surface area contributed by atoms with E-state index in [-0.39, 0.29) is 6.61 Å². The molecule has 3 aromatic carbocycles. The lowest BCUT2D eigenvalue weighted by molar-refractivity contribution is -0.123. The summed E-state index contributed by atoms with van der Waals surface area (Å²) in [6, 6.07) is 21.5. The Labute approximate surface area is 194 Å². The first-order chi connectivity index (χ1) is 15.5. The number of ether oxygens (including phenoxy) is 3. The first-order valence-electron chi connectivity index (χ1n) is 9.90. The fourth-order valence-corrected chi connectivity index (χ4v) is 3.17. The smallest absolute Gasteiger partial charge is 0.276 e. The van der Waals surface area contributed by atoms with E-state index in [1.54, 1.807) is 30.3 Å². The van der Waals surface area contributed by atoms with Crippen molar-refractivity contribution in [2.75, 3.05) is 19.8 Å². The minimum atomic E-state index is -0.473. The van der Waals surface area contributed by atoms with Crippen molar-refractivity contribution < 1.29 is 23.8 Å². The monoisotopic (exact) mass is 498 g/mol. The summed E-state index contributed by atoms with van der Waals surface area (Å²) in [5.41, 5.74) is 5.97. The normalized spacial score (nSPS) is 10.2. The molecule has 0 radical (unpaired) electrons. The molecule has 32 heavy (non-hydrogen) atoms. The third-order valence-corrected chi connectivity index (χ3v) is 4.78. The van der Waals surface area contributed by atoms with Crippen molar-refractivity contribution in [1.82, 2.24) is 10.9 Å². The van der Waals surface area contributed by atoms with E-state index < -0.39 is 11.8 Å². The summed E-state index contributed by atoms with van der Waals surface area (Å²) in [6.45, 7) is 2.43. The van der Waals surface area contributed by atoms with Gasteiger partial charge in [0.05, 0.1) is 0 Å². The molecular formula is C24H23BrN2O5. The van der Waals surface area contributed by atoms with Crippen LogP contribution in [0, 0.1) is 6.92 Å². The molecule has 2 N–H and O–H groups in total. The number of hydrogen-bond donors (Lipinski definition) is 2. The molecule has 0 bridgehead atoms. The predicted molar refractivity (Wildman–Crippen MR) is 124 cm³/mol.